The molecule has 3 rings (SSSR count). The maximum absolute atomic E-state index is 12.2. The highest BCUT2D eigenvalue weighted by Crippen LogP contribution is 2.34. The number of carbonyl (C=O) groups excluding carboxylic acids is 1. The molecule has 0 aromatic heterocycles. The summed E-state index contributed by atoms with van der Waals surface area (Å²) in [6, 6.07) is 22.8. The molecule has 3 aromatic carbocycles. The number of rotatable bonds is 5. The second-order valence-electron chi connectivity index (χ2n) is 5.45. The normalized spacial score (nSPS) is 10.3. The Morgan fingerprint density at radius 3 is 2.24 bits per heavy atom. The molecule has 4 N–H and O–H groups in total. The van der Waals surface area contributed by atoms with E-state index in [4.69, 9.17) is 5.73 Å². The highest BCUT2D eigenvalue weighted by molar-refractivity contribution is 7.99. The molecule has 0 aliphatic rings. The summed E-state index contributed by atoms with van der Waals surface area (Å²) in [7, 11) is 1.89. The van der Waals surface area contributed by atoms with Crippen molar-refractivity contribution < 1.29 is 4.79 Å². The third kappa shape index (κ3) is 4.33. The van der Waals surface area contributed by atoms with Crippen molar-refractivity contribution in [3.8, 4) is 0 Å². The fourth-order valence-corrected chi connectivity index (χ4v) is 3.17. The molecule has 3 aromatic rings. The van der Waals surface area contributed by atoms with Crippen molar-refractivity contribution in [2.24, 2.45) is 0 Å². The molecule has 0 bridgehead atoms. The zero-order valence-electron chi connectivity index (χ0n) is 13.8. The Bertz CT molecular complexity index is 864. The Kier molecular flexibility index (Phi) is 5.26. The predicted octanol–water partition coefficient (Wildman–Crippen LogP) is 4.71. The van der Waals surface area contributed by atoms with E-state index in [2.05, 4.69) is 10.6 Å². The number of hydrogen-bond acceptors (Lipinski definition) is 4. The smallest absolute Gasteiger partial charge is 0.255 e. The average Bonchev–Trinajstić information content (AvgIpc) is 2.65. The molecular weight excluding hydrogens is 330 g/mol. The van der Waals surface area contributed by atoms with E-state index < -0.39 is 0 Å². The van der Waals surface area contributed by atoms with Gasteiger partial charge in [-0.2, -0.15) is 0 Å². The van der Waals surface area contributed by atoms with Crippen LogP contribution in [-0.2, 0) is 0 Å². The fourth-order valence-electron chi connectivity index (χ4n) is 2.33. The van der Waals surface area contributed by atoms with Gasteiger partial charge in [0.2, 0.25) is 0 Å². The van der Waals surface area contributed by atoms with E-state index in [0.717, 1.165) is 15.5 Å². The molecule has 0 radical (unpaired) electrons. The van der Waals surface area contributed by atoms with Gasteiger partial charge in [0.25, 0.3) is 5.91 Å². The topological polar surface area (TPSA) is 67.1 Å². The molecule has 1 amide bonds. The molecule has 0 heterocycles. The first-order valence-electron chi connectivity index (χ1n) is 7.87. The van der Waals surface area contributed by atoms with Gasteiger partial charge in [-0.3, -0.25) is 4.79 Å². The summed E-state index contributed by atoms with van der Waals surface area (Å²) in [5.41, 5.74) is 9.15. The van der Waals surface area contributed by atoms with Crippen LogP contribution in [0.1, 0.15) is 10.4 Å². The van der Waals surface area contributed by atoms with E-state index >= 15 is 0 Å². The van der Waals surface area contributed by atoms with Gasteiger partial charge in [0.15, 0.2) is 0 Å². The van der Waals surface area contributed by atoms with E-state index in [1.54, 1.807) is 30.0 Å². The van der Waals surface area contributed by atoms with Gasteiger partial charge in [0, 0.05) is 39.5 Å². The van der Waals surface area contributed by atoms with E-state index in [0.29, 0.717) is 16.9 Å². The molecular formula is C20H19N3OS. The van der Waals surface area contributed by atoms with Crippen LogP contribution in [0.25, 0.3) is 0 Å². The molecule has 0 unspecified atom stereocenters. The van der Waals surface area contributed by atoms with E-state index in [9.17, 15) is 4.79 Å². The highest BCUT2D eigenvalue weighted by atomic mass is 32.2. The average molecular weight is 349 g/mol. The first kappa shape index (κ1) is 16.9. The predicted molar refractivity (Wildman–Crippen MR) is 105 cm³/mol. The van der Waals surface area contributed by atoms with Crippen LogP contribution >= 0.6 is 11.8 Å². The van der Waals surface area contributed by atoms with Gasteiger partial charge in [-0.25, -0.2) is 0 Å². The summed E-state index contributed by atoms with van der Waals surface area (Å²) in [5, 5.41) is 5.96. The minimum atomic E-state index is -0.150. The van der Waals surface area contributed by atoms with Crippen LogP contribution in [0, 0.1) is 0 Å². The van der Waals surface area contributed by atoms with Crippen molar-refractivity contribution in [3.05, 3.63) is 78.4 Å². The first-order valence-corrected chi connectivity index (χ1v) is 8.69. The molecule has 0 saturated carbocycles. The first-order chi connectivity index (χ1) is 12.2. The second-order valence-corrected chi connectivity index (χ2v) is 6.56. The van der Waals surface area contributed by atoms with E-state index in [1.165, 1.54) is 0 Å². The van der Waals surface area contributed by atoms with Crippen LogP contribution in [0.5, 0.6) is 0 Å². The number of nitrogens with one attached hydrogen (secondary N) is 2. The van der Waals surface area contributed by atoms with Gasteiger partial charge in [-0.1, -0.05) is 30.0 Å². The summed E-state index contributed by atoms with van der Waals surface area (Å²) < 4.78 is 0. The standard InChI is InChI=1S/C20H19N3OS/c1-22-15-7-10-17(11-8-15)25-19-12-9-16(13-18(19)21)23-20(24)14-5-3-2-4-6-14/h2-13,22H,21H2,1H3,(H,23,24). The molecule has 5 heteroatoms. The van der Waals surface area contributed by atoms with Crippen molar-refractivity contribution in [3.63, 3.8) is 0 Å². The minimum absolute atomic E-state index is 0.150. The molecule has 0 saturated heterocycles. The SMILES string of the molecule is CNc1ccc(Sc2ccc(NC(=O)c3ccccc3)cc2N)cc1. The lowest BCUT2D eigenvalue weighted by atomic mass is 10.2. The summed E-state index contributed by atoms with van der Waals surface area (Å²) >= 11 is 1.59. The number of hydrogen-bond donors (Lipinski definition) is 3. The number of benzene rings is 3. The minimum Gasteiger partial charge on any atom is -0.398 e. The number of anilines is 3. The van der Waals surface area contributed by atoms with Crippen LogP contribution in [0.3, 0.4) is 0 Å². The Labute approximate surface area is 151 Å². The van der Waals surface area contributed by atoms with Crippen LogP contribution in [0.15, 0.2) is 82.6 Å². The number of carbonyl (C=O) groups is 1. The third-order valence-corrected chi connectivity index (χ3v) is 4.77. The van der Waals surface area contributed by atoms with Crippen LogP contribution in [-0.4, -0.2) is 13.0 Å². The van der Waals surface area contributed by atoms with Crippen LogP contribution < -0.4 is 16.4 Å². The van der Waals surface area contributed by atoms with Gasteiger partial charge in [0.05, 0.1) is 0 Å². The maximum atomic E-state index is 12.2. The molecule has 0 fully saturated rings. The summed E-state index contributed by atoms with van der Waals surface area (Å²) in [5.74, 6) is -0.150. The zero-order chi connectivity index (χ0) is 17.6. The Morgan fingerprint density at radius 2 is 1.60 bits per heavy atom. The summed E-state index contributed by atoms with van der Waals surface area (Å²) in [6.07, 6.45) is 0. The van der Waals surface area contributed by atoms with E-state index in [-0.39, 0.29) is 5.91 Å². The zero-order valence-corrected chi connectivity index (χ0v) is 14.6. The lowest BCUT2D eigenvalue weighted by molar-refractivity contribution is 0.102. The number of nitrogens with two attached hydrogens (primary N) is 1. The number of nitrogen functional groups attached to an aromatic ring is 1. The van der Waals surface area contributed by atoms with Crippen molar-refractivity contribution in [2.45, 2.75) is 9.79 Å². The van der Waals surface area contributed by atoms with Gasteiger partial charge >= 0.3 is 0 Å². The molecule has 25 heavy (non-hydrogen) atoms. The van der Waals surface area contributed by atoms with Gasteiger partial charge < -0.3 is 16.4 Å². The highest BCUT2D eigenvalue weighted by Gasteiger charge is 2.08. The molecule has 4 nitrogen and oxygen atoms in total. The van der Waals surface area contributed by atoms with Crippen molar-refractivity contribution in [2.75, 3.05) is 23.4 Å². The Hall–Kier alpha value is -2.92. The monoisotopic (exact) mass is 349 g/mol. The lowest BCUT2D eigenvalue weighted by Crippen LogP contribution is -2.11. The largest absolute Gasteiger partial charge is 0.398 e. The summed E-state index contributed by atoms with van der Waals surface area (Å²) in [4.78, 5) is 14.3. The van der Waals surface area contributed by atoms with Crippen LogP contribution in [0.4, 0.5) is 17.1 Å². The number of amides is 1. The second kappa shape index (κ2) is 7.77. The van der Waals surface area contributed by atoms with Crippen molar-refractivity contribution in [1.29, 1.82) is 0 Å². The van der Waals surface area contributed by atoms with Crippen LogP contribution in [0.2, 0.25) is 0 Å². The molecule has 0 aliphatic heterocycles. The Morgan fingerprint density at radius 1 is 0.920 bits per heavy atom. The fraction of sp³-hybridized carbons (Fsp3) is 0.0500. The Balaban J connectivity index is 1.71. The van der Waals surface area contributed by atoms with Crippen molar-refractivity contribution in [1.82, 2.24) is 0 Å². The quantitative estimate of drug-likeness (QED) is 0.583. The van der Waals surface area contributed by atoms with Gasteiger partial charge in [-0.05, 0) is 54.6 Å². The van der Waals surface area contributed by atoms with Gasteiger partial charge in [-0.15, -0.1) is 0 Å². The van der Waals surface area contributed by atoms with E-state index in [1.807, 2.05) is 61.6 Å². The summed E-state index contributed by atoms with van der Waals surface area (Å²) in [6.45, 7) is 0. The molecule has 0 spiro atoms. The van der Waals surface area contributed by atoms with Crippen molar-refractivity contribution >= 4 is 34.7 Å². The maximum Gasteiger partial charge on any atom is 0.255 e. The van der Waals surface area contributed by atoms with Gasteiger partial charge in [0.1, 0.15) is 0 Å². The molecule has 0 atom stereocenters. The lowest BCUT2D eigenvalue weighted by Gasteiger charge is -2.10. The molecule has 126 valence electrons. The molecule has 0 aliphatic carbocycles. The third-order valence-electron chi connectivity index (χ3n) is 3.67.